The fraction of sp³-hybridized carbons (Fsp3) is 0.800. The van der Waals surface area contributed by atoms with Gasteiger partial charge < -0.3 is 5.32 Å². The molecule has 1 saturated carbocycles. The van der Waals surface area contributed by atoms with Crippen molar-refractivity contribution in [3.05, 3.63) is 6.42 Å². The van der Waals surface area contributed by atoms with Gasteiger partial charge in [0, 0.05) is 12.5 Å². The van der Waals surface area contributed by atoms with Gasteiger partial charge in [0.05, 0.1) is 0 Å². The number of hydrogen-bond donors (Lipinski definition) is 1. The van der Waals surface area contributed by atoms with E-state index in [9.17, 15) is 4.79 Å². The molecule has 0 heterocycles. The first-order chi connectivity index (χ1) is 5.84. The first kappa shape index (κ1) is 9.56. The van der Waals surface area contributed by atoms with Gasteiger partial charge in [0.25, 0.3) is 0 Å². The van der Waals surface area contributed by atoms with Gasteiger partial charge in [-0.1, -0.05) is 26.2 Å². The van der Waals surface area contributed by atoms with Crippen LogP contribution in [0, 0.1) is 12.3 Å². The molecule has 1 rings (SSSR count). The summed E-state index contributed by atoms with van der Waals surface area (Å²) in [5.74, 6) is 0.562. The topological polar surface area (TPSA) is 29.1 Å². The smallest absolute Gasteiger partial charge is 0.223 e. The summed E-state index contributed by atoms with van der Waals surface area (Å²) in [7, 11) is 0. The van der Waals surface area contributed by atoms with Crippen LogP contribution < -0.4 is 5.32 Å². The minimum atomic E-state index is 0.257. The molecule has 1 N–H and O–H groups in total. The van der Waals surface area contributed by atoms with Crippen molar-refractivity contribution in [1.82, 2.24) is 5.32 Å². The third-order valence-corrected chi connectivity index (χ3v) is 2.46. The summed E-state index contributed by atoms with van der Waals surface area (Å²) in [5, 5.41) is 2.91. The molecule has 0 aliphatic heterocycles. The Morgan fingerprint density at radius 3 is 2.67 bits per heavy atom. The molecule has 1 fully saturated rings. The standard InChI is InChI=1S/C10H18NO/c1-2-8-11-10(12)9-6-4-3-5-7-9/h2,9H,3-8H2,1H3,(H,11,12). The third kappa shape index (κ3) is 2.84. The van der Waals surface area contributed by atoms with Crippen LogP contribution in [0.4, 0.5) is 0 Å². The molecule has 0 saturated heterocycles. The Bertz CT molecular complexity index is 139. The van der Waals surface area contributed by atoms with Gasteiger partial charge in [-0.05, 0) is 19.3 Å². The van der Waals surface area contributed by atoms with Crippen LogP contribution in [-0.4, -0.2) is 12.5 Å². The fourth-order valence-corrected chi connectivity index (χ4v) is 1.71. The number of amides is 1. The molecule has 0 bridgehead atoms. The monoisotopic (exact) mass is 168 g/mol. The SMILES string of the molecule is C[CH]CNC(=O)C1CCCCC1. The highest BCUT2D eigenvalue weighted by Gasteiger charge is 2.19. The highest BCUT2D eigenvalue weighted by Crippen LogP contribution is 2.23. The number of carbonyl (C=O) groups excluding carboxylic acids is 1. The van der Waals surface area contributed by atoms with E-state index in [0.29, 0.717) is 5.92 Å². The second kappa shape index (κ2) is 5.18. The van der Waals surface area contributed by atoms with Crippen LogP contribution in [0.25, 0.3) is 0 Å². The fourth-order valence-electron chi connectivity index (χ4n) is 1.71. The van der Waals surface area contributed by atoms with Gasteiger partial charge in [0.2, 0.25) is 5.91 Å². The van der Waals surface area contributed by atoms with Crippen molar-refractivity contribution in [2.45, 2.75) is 39.0 Å². The summed E-state index contributed by atoms with van der Waals surface area (Å²) < 4.78 is 0. The molecule has 2 heteroatoms. The largest absolute Gasteiger partial charge is 0.356 e. The molecule has 0 aromatic carbocycles. The van der Waals surface area contributed by atoms with Crippen LogP contribution in [0.2, 0.25) is 0 Å². The van der Waals surface area contributed by atoms with Crippen molar-refractivity contribution in [3.63, 3.8) is 0 Å². The van der Waals surface area contributed by atoms with Gasteiger partial charge >= 0.3 is 0 Å². The number of hydrogen-bond acceptors (Lipinski definition) is 1. The summed E-state index contributed by atoms with van der Waals surface area (Å²) in [6, 6.07) is 0. The predicted molar refractivity (Wildman–Crippen MR) is 49.6 cm³/mol. The van der Waals surface area contributed by atoms with E-state index in [4.69, 9.17) is 0 Å². The lowest BCUT2D eigenvalue weighted by Crippen LogP contribution is -2.32. The quantitative estimate of drug-likeness (QED) is 0.685. The summed E-state index contributed by atoms with van der Waals surface area (Å²) >= 11 is 0. The number of carbonyl (C=O) groups is 1. The van der Waals surface area contributed by atoms with Crippen molar-refractivity contribution >= 4 is 5.91 Å². The van der Waals surface area contributed by atoms with E-state index in [-0.39, 0.29) is 5.91 Å². The number of nitrogens with one attached hydrogen (secondary N) is 1. The van der Waals surface area contributed by atoms with E-state index in [1.807, 2.05) is 13.3 Å². The first-order valence-electron chi connectivity index (χ1n) is 4.90. The van der Waals surface area contributed by atoms with Crippen LogP contribution in [0.5, 0.6) is 0 Å². The minimum absolute atomic E-state index is 0.257. The zero-order valence-corrected chi connectivity index (χ0v) is 7.81. The van der Waals surface area contributed by atoms with E-state index < -0.39 is 0 Å². The van der Waals surface area contributed by atoms with Gasteiger partial charge in [-0.25, -0.2) is 0 Å². The molecule has 0 unspecified atom stereocenters. The molecule has 1 aliphatic rings. The summed E-state index contributed by atoms with van der Waals surface area (Å²) in [4.78, 5) is 11.4. The Kier molecular flexibility index (Phi) is 4.12. The van der Waals surface area contributed by atoms with Crippen LogP contribution in [-0.2, 0) is 4.79 Å². The van der Waals surface area contributed by atoms with Crippen molar-refractivity contribution in [2.75, 3.05) is 6.54 Å². The first-order valence-corrected chi connectivity index (χ1v) is 4.90. The Morgan fingerprint density at radius 2 is 2.08 bits per heavy atom. The zero-order chi connectivity index (χ0) is 8.81. The molecule has 1 amide bonds. The molecule has 2 nitrogen and oxygen atoms in total. The Morgan fingerprint density at radius 1 is 1.42 bits per heavy atom. The van der Waals surface area contributed by atoms with Crippen LogP contribution in [0.1, 0.15) is 39.0 Å². The predicted octanol–water partition coefficient (Wildman–Crippen LogP) is 1.91. The van der Waals surface area contributed by atoms with Crippen LogP contribution in [0.15, 0.2) is 0 Å². The molecule has 1 aliphatic carbocycles. The third-order valence-electron chi connectivity index (χ3n) is 2.46. The van der Waals surface area contributed by atoms with Crippen molar-refractivity contribution in [1.29, 1.82) is 0 Å². The van der Waals surface area contributed by atoms with Gasteiger partial charge in [-0.3, -0.25) is 4.79 Å². The van der Waals surface area contributed by atoms with Gasteiger partial charge in [0.1, 0.15) is 0 Å². The summed E-state index contributed by atoms with van der Waals surface area (Å²) in [6.45, 7) is 2.68. The molecule has 0 spiro atoms. The van der Waals surface area contributed by atoms with Gasteiger partial charge in [-0.2, -0.15) is 0 Å². The Hall–Kier alpha value is -0.530. The lowest BCUT2D eigenvalue weighted by atomic mass is 9.89. The highest BCUT2D eigenvalue weighted by atomic mass is 16.1. The normalized spacial score (nSPS) is 19.1. The molecule has 12 heavy (non-hydrogen) atoms. The maximum absolute atomic E-state index is 11.4. The molecular formula is C10H18NO. The van der Waals surface area contributed by atoms with E-state index >= 15 is 0 Å². The van der Waals surface area contributed by atoms with E-state index in [2.05, 4.69) is 5.32 Å². The van der Waals surface area contributed by atoms with E-state index in [0.717, 1.165) is 19.4 Å². The minimum Gasteiger partial charge on any atom is -0.356 e. The van der Waals surface area contributed by atoms with E-state index in [1.54, 1.807) is 0 Å². The maximum Gasteiger partial charge on any atom is 0.223 e. The summed E-state index contributed by atoms with van der Waals surface area (Å²) in [5.41, 5.74) is 0. The van der Waals surface area contributed by atoms with Crippen molar-refractivity contribution < 1.29 is 4.79 Å². The lowest BCUT2D eigenvalue weighted by Gasteiger charge is -2.20. The van der Waals surface area contributed by atoms with Gasteiger partial charge in [-0.15, -0.1) is 0 Å². The molecule has 69 valence electrons. The Balaban J connectivity index is 2.20. The van der Waals surface area contributed by atoms with Crippen molar-refractivity contribution in [3.8, 4) is 0 Å². The molecule has 0 atom stereocenters. The highest BCUT2D eigenvalue weighted by molar-refractivity contribution is 5.78. The molecular weight excluding hydrogens is 150 g/mol. The lowest BCUT2D eigenvalue weighted by molar-refractivity contribution is -0.125. The number of rotatable bonds is 3. The second-order valence-electron chi connectivity index (χ2n) is 3.49. The Labute approximate surface area is 74.7 Å². The van der Waals surface area contributed by atoms with E-state index in [1.165, 1.54) is 19.3 Å². The van der Waals surface area contributed by atoms with Crippen LogP contribution in [0.3, 0.4) is 0 Å². The average Bonchev–Trinajstić information content (AvgIpc) is 2.15. The van der Waals surface area contributed by atoms with Crippen molar-refractivity contribution in [2.24, 2.45) is 5.92 Å². The summed E-state index contributed by atoms with van der Waals surface area (Å²) in [6.07, 6.45) is 7.93. The second-order valence-corrected chi connectivity index (χ2v) is 3.49. The maximum atomic E-state index is 11.4. The van der Waals surface area contributed by atoms with Gasteiger partial charge in [0.15, 0.2) is 0 Å². The zero-order valence-electron chi connectivity index (χ0n) is 7.81. The molecule has 0 aromatic rings. The van der Waals surface area contributed by atoms with Crippen LogP contribution >= 0.6 is 0 Å². The molecule has 0 aromatic heterocycles. The molecule has 1 radical (unpaired) electrons. The average molecular weight is 168 g/mol.